The van der Waals surface area contributed by atoms with Gasteiger partial charge in [0.2, 0.25) is 5.91 Å². The van der Waals surface area contributed by atoms with Gasteiger partial charge >= 0.3 is 6.18 Å². The van der Waals surface area contributed by atoms with E-state index in [1.54, 1.807) is 6.08 Å². The van der Waals surface area contributed by atoms with Crippen molar-refractivity contribution in [3.8, 4) is 0 Å². The molecule has 1 amide bonds. The van der Waals surface area contributed by atoms with Gasteiger partial charge in [0.1, 0.15) is 0 Å². The van der Waals surface area contributed by atoms with Gasteiger partial charge in [-0.2, -0.15) is 13.2 Å². The molecule has 0 unspecified atom stereocenters. The minimum atomic E-state index is -4.47. The van der Waals surface area contributed by atoms with Gasteiger partial charge in [0.25, 0.3) is 0 Å². The van der Waals surface area contributed by atoms with Gasteiger partial charge in [0.05, 0.1) is 11.3 Å². The molecule has 0 aliphatic carbocycles. The van der Waals surface area contributed by atoms with Crippen molar-refractivity contribution in [2.45, 2.75) is 25.4 Å². The van der Waals surface area contributed by atoms with Gasteiger partial charge in [-0.15, -0.1) is 6.58 Å². The molecule has 0 saturated carbocycles. The fraction of sp³-hybridized carbons (Fsp3) is 0.308. The predicted octanol–water partition coefficient (Wildman–Crippen LogP) is 4.00. The third kappa shape index (κ3) is 4.24. The first kappa shape index (κ1) is 14.3. The quantitative estimate of drug-likeness (QED) is 0.627. The van der Waals surface area contributed by atoms with Crippen LogP contribution in [0.4, 0.5) is 18.9 Å². The number of halogens is 3. The van der Waals surface area contributed by atoms with Crippen LogP contribution in [0, 0.1) is 0 Å². The number of alkyl halides is 3. The minimum Gasteiger partial charge on any atom is -0.326 e. The molecular weight excluding hydrogens is 243 g/mol. The van der Waals surface area contributed by atoms with Crippen LogP contribution in [0.5, 0.6) is 0 Å². The van der Waals surface area contributed by atoms with Crippen LogP contribution in [0.15, 0.2) is 36.9 Å². The fourth-order valence-electron chi connectivity index (χ4n) is 1.46. The van der Waals surface area contributed by atoms with Crippen molar-refractivity contribution in [3.05, 3.63) is 42.5 Å². The minimum absolute atomic E-state index is 0.179. The van der Waals surface area contributed by atoms with Gasteiger partial charge in [0, 0.05) is 6.42 Å². The number of hydrogen-bond acceptors (Lipinski definition) is 1. The summed E-state index contributed by atoms with van der Waals surface area (Å²) in [6, 6.07) is 4.93. The number of hydrogen-bond donors (Lipinski definition) is 1. The molecule has 0 radical (unpaired) electrons. The van der Waals surface area contributed by atoms with Gasteiger partial charge in [-0.3, -0.25) is 4.79 Å². The first-order valence-corrected chi connectivity index (χ1v) is 5.52. The van der Waals surface area contributed by atoms with Gasteiger partial charge < -0.3 is 5.32 Å². The number of rotatable bonds is 5. The van der Waals surface area contributed by atoms with Crippen molar-refractivity contribution >= 4 is 11.6 Å². The second-order valence-electron chi connectivity index (χ2n) is 3.77. The molecule has 1 aromatic rings. The number of unbranched alkanes of at least 4 members (excludes halogenated alkanes) is 1. The molecule has 0 atom stereocenters. The Morgan fingerprint density at radius 3 is 2.61 bits per heavy atom. The lowest BCUT2D eigenvalue weighted by Crippen LogP contribution is -2.16. The van der Waals surface area contributed by atoms with E-state index in [-0.39, 0.29) is 12.1 Å². The molecule has 2 nitrogen and oxygen atoms in total. The third-order valence-electron chi connectivity index (χ3n) is 2.32. The van der Waals surface area contributed by atoms with Gasteiger partial charge in [-0.05, 0) is 25.0 Å². The predicted molar refractivity (Wildman–Crippen MR) is 64.1 cm³/mol. The monoisotopic (exact) mass is 257 g/mol. The van der Waals surface area contributed by atoms with Gasteiger partial charge in [-0.25, -0.2) is 0 Å². The molecule has 0 heterocycles. The molecular formula is C13H14F3NO. The topological polar surface area (TPSA) is 29.1 Å². The van der Waals surface area contributed by atoms with Crippen LogP contribution in [-0.4, -0.2) is 5.91 Å². The summed E-state index contributed by atoms with van der Waals surface area (Å²) in [6.07, 6.45) is -1.39. The third-order valence-corrected chi connectivity index (χ3v) is 2.32. The van der Waals surface area contributed by atoms with Crippen molar-refractivity contribution in [1.29, 1.82) is 0 Å². The SMILES string of the molecule is C=CCCCC(=O)Nc1ccccc1C(F)(F)F. The lowest BCUT2D eigenvalue weighted by Gasteiger charge is -2.13. The zero-order valence-corrected chi connectivity index (χ0v) is 9.76. The number of anilines is 1. The molecule has 98 valence electrons. The molecule has 0 aromatic heterocycles. The van der Waals surface area contributed by atoms with Crippen molar-refractivity contribution in [2.24, 2.45) is 0 Å². The highest BCUT2D eigenvalue weighted by Gasteiger charge is 2.33. The van der Waals surface area contributed by atoms with Crippen molar-refractivity contribution in [2.75, 3.05) is 5.32 Å². The van der Waals surface area contributed by atoms with Crippen molar-refractivity contribution in [1.82, 2.24) is 0 Å². The maximum absolute atomic E-state index is 12.6. The Hall–Kier alpha value is -1.78. The average molecular weight is 257 g/mol. The normalized spacial score (nSPS) is 11.1. The van der Waals surface area contributed by atoms with E-state index in [0.29, 0.717) is 12.8 Å². The molecule has 0 aliphatic heterocycles. The van der Waals surface area contributed by atoms with Gasteiger partial charge in [-0.1, -0.05) is 18.2 Å². The Morgan fingerprint density at radius 1 is 1.33 bits per heavy atom. The molecule has 18 heavy (non-hydrogen) atoms. The highest BCUT2D eigenvalue weighted by atomic mass is 19.4. The lowest BCUT2D eigenvalue weighted by molar-refractivity contribution is -0.137. The van der Waals surface area contributed by atoms with Crippen LogP contribution in [0.3, 0.4) is 0 Å². The van der Waals surface area contributed by atoms with E-state index in [9.17, 15) is 18.0 Å². The molecule has 0 saturated heterocycles. The summed E-state index contributed by atoms with van der Waals surface area (Å²) in [6.45, 7) is 3.51. The number of benzene rings is 1. The molecule has 0 bridgehead atoms. The lowest BCUT2D eigenvalue weighted by atomic mass is 10.1. The Kier molecular flexibility index (Phi) is 4.95. The molecule has 0 aliphatic rings. The molecule has 1 rings (SSSR count). The van der Waals surface area contributed by atoms with Crippen LogP contribution >= 0.6 is 0 Å². The second-order valence-corrected chi connectivity index (χ2v) is 3.77. The Labute approximate surface area is 104 Å². The summed E-state index contributed by atoms with van der Waals surface area (Å²) in [7, 11) is 0. The first-order valence-electron chi connectivity index (χ1n) is 5.52. The van der Waals surface area contributed by atoms with Crippen LogP contribution < -0.4 is 5.32 Å². The van der Waals surface area contributed by atoms with E-state index in [2.05, 4.69) is 11.9 Å². The summed E-state index contributed by atoms with van der Waals surface area (Å²) < 4.78 is 37.9. The van der Waals surface area contributed by atoms with Crippen LogP contribution in [-0.2, 0) is 11.0 Å². The number of para-hydroxylation sites is 1. The van der Waals surface area contributed by atoms with Crippen LogP contribution in [0.2, 0.25) is 0 Å². The second kappa shape index (κ2) is 6.23. The molecule has 0 fully saturated rings. The Morgan fingerprint density at radius 2 is 2.00 bits per heavy atom. The summed E-state index contributed by atoms with van der Waals surface area (Å²) in [5.74, 6) is -0.423. The zero-order valence-electron chi connectivity index (χ0n) is 9.76. The van der Waals surface area contributed by atoms with E-state index in [4.69, 9.17) is 0 Å². The van der Waals surface area contributed by atoms with Crippen LogP contribution in [0.1, 0.15) is 24.8 Å². The maximum atomic E-state index is 12.6. The number of amides is 1. The Balaban J connectivity index is 2.72. The average Bonchev–Trinajstić information content (AvgIpc) is 2.28. The zero-order chi connectivity index (χ0) is 13.6. The van der Waals surface area contributed by atoms with Crippen molar-refractivity contribution in [3.63, 3.8) is 0 Å². The highest BCUT2D eigenvalue weighted by Crippen LogP contribution is 2.34. The summed E-state index contributed by atoms with van der Waals surface area (Å²) in [4.78, 5) is 11.5. The maximum Gasteiger partial charge on any atom is 0.418 e. The van der Waals surface area contributed by atoms with E-state index < -0.39 is 17.6 Å². The molecule has 1 N–H and O–H groups in total. The fourth-order valence-corrected chi connectivity index (χ4v) is 1.46. The number of allylic oxidation sites excluding steroid dienone is 1. The Bertz CT molecular complexity index is 426. The molecule has 0 spiro atoms. The van der Waals surface area contributed by atoms with E-state index in [1.165, 1.54) is 18.2 Å². The van der Waals surface area contributed by atoms with Crippen molar-refractivity contribution < 1.29 is 18.0 Å². The summed E-state index contributed by atoms with van der Waals surface area (Å²) in [5, 5.41) is 2.28. The molecule has 1 aromatic carbocycles. The van der Waals surface area contributed by atoms with E-state index >= 15 is 0 Å². The smallest absolute Gasteiger partial charge is 0.326 e. The number of carbonyl (C=O) groups excluding carboxylic acids is 1. The summed E-state index contributed by atoms with van der Waals surface area (Å²) in [5.41, 5.74) is -1.03. The number of carbonyl (C=O) groups is 1. The number of nitrogens with one attached hydrogen (secondary N) is 1. The largest absolute Gasteiger partial charge is 0.418 e. The van der Waals surface area contributed by atoms with Gasteiger partial charge in [0.15, 0.2) is 0 Å². The van der Waals surface area contributed by atoms with E-state index in [0.717, 1.165) is 6.07 Å². The highest BCUT2D eigenvalue weighted by molar-refractivity contribution is 5.91. The standard InChI is InChI=1S/C13H14F3NO/c1-2-3-4-9-12(18)17-11-8-6-5-7-10(11)13(14,15)16/h2,5-8H,1,3-4,9H2,(H,17,18). The van der Waals surface area contributed by atoms with E-state index in [1.807, 2.05) is 0 Å². The van der Waals surface area contributed by atoms with Crippen LogP contribution in [0.25, 0.3) is 0 Å². The summed E-state index contributed by atoms with van der Waals surface area (Å²) >= 11 is 0. The first-order chi connectivity index (χ1) is 8.45. The molecule has 5 heteroatoms.